The van der Waals surface area contributed by atoms with Crippen molar-refractivity contribution >= 4 is 28.0 Å². The Bertz CT molecular complexity index is 646. The smallest absolute Gasteiger partial charge is 0.422 e. The molecule has 2 N–H and O–H groups in total. The first-order chi connectivity index (χ1) is 10.0. The Morgan fingerprint density at radius 2 is 1.64 bits per heavy atom. The van der Waals surface area contributed by atoms with Gasteiger partial charge in [-0.2, -0.15) is 8.42 Å². The molecule has 0 fully saturated rings. The van der Waals surface area contributed by atoms with E-state index in [1.807, 2.05) is 0 Å². The molecule has 1 amide bonds. The average Bonchev–Trinajstić information content (AvgIpc) is 2.35. The van der Waals surface area contributed by atoms with Crippen LogP contribution in [0, 0.1) is 0 Å². The number of benzene rings is 1. The average molecular weight is 330 g/mol. The van der Waals surface area contributed by atoms with Gasteiger partial charge >= 0.3 is 22.3 Å². The summed E-state index contributed by atoms with van der Waals surface area (Å²) in [4.78, 5) is 22.7. The molecular weight excluding hydrogens is 312 g/mol. The number of carbonyl (C=O) groups is 2. The number of ether oxygens (including phenoxy) is 2. The third-order valence-corrected chi connectivity index (χ3v) is 3.11. The predicted octanol–water partition coefficient (Wildman–Crippen LogP) is 1.65. The molecule has 0 aliphatic rings. The third kappa shape index (κ3) is 6.00. The van der Waals surface area contributed by atoms with Gasteiger partial charge in [-0.3, -0.25) is 4.72 Å². The molecule has 0 aliphatic heterocycles. The number of rotatable bonds is 4. The number of anilines is 1. The van der Waals surface area contributed by atoms with Crippen molar-refractivity contribution in [2.45, 2.75) is 26.4 Å². The van der Waals surface area contributed by atoms with Gasteiger partial charge in [0.1, 0.15) is 5.60 Å². The molecule has 0 saturated carbocycles. The Balaban J connectivity index is 2.72. The van der Waals surface area contributed by atoms with Crippen LogP contribution in [-0.4, -0.2) is 33.2 Å². The molecule has 0 spiro atoms. The molecule has 0 bridgehead atoms. The molecule has 0 atom stereocenters. The molecule has 0 heterocycles. The summed E-state index contributed by atoms with van der Waals surface area (Å²) in [5.74, 6) is -0.540. The Morgan fingerprint density at radius 3 is 2.09 bits per heavy atom. The minimum Gasteiger partial charge on any atom is -0.465 e. The molecule has 1 aromatic rings. The van der Waals surface area contributed by atoms with E-state index in [0.29, 0.717) is 0 Å². The van der Waals surface area contributed by atoms with Crippen LogP contribution in [0.5, 0.6) is 0 Å². The van der Waals surface area contributed by atoms with Crippen molar-refractivity contribution in [1.29, 1.82) is 0 Å². The zero-order valence-electron chi connectivity index (χ0n) is 12.7. The maximum atomic E-state index is 11.8. The molecule has 0 aromatic heterocycles. The fourth-order valence-corrected chi connectivity index (χ4v) is 2.14. The van der Waals surface area contributed by atoms with Crippen LogP contribution in [-0.2, 0) is 19.7 Å². The number of hydrogen-bond acceptors (Lipinski definition) is 6. The molecule has 0 saturated heterocycles. The first kappa shape index (κ1) is 17.8. The van der Waals surface area contributed by atoms with Crippen LogP contribution < -0.4 is 9.44 Å². The summed E-state index contributed by atoms with van der Waals surface area (Å²) in [7, 11) is -2.90. The molecule has 9 heteroatoms. The van der Waals surface area contributed by atoms with Gasteiger partial charge in [0.2, 0.25) is 0 Å². The lowest BCUT2D eigenvalue weighted by atomic mass is 10.2. The van der Waals surface area contributed by atoms with E-state index in [2.05, 4.69) is 9.46 Å². The molecule has 0 aliphatic carbocycles. The number of carbonyl (C=O) groups excluding carboxylic acids is 2. The highest BCUT2D eigenvalue weighted by molar-refractivity contribution is 7.91. The topological polar surface area (TPSA) is 111 Å². The first-order valence-corrected chi connectivity index (χ1v) is 7.72. The standard InChI is InChI=1S/C13H18N2O6S/c1-13(2,3)21-12(17)15-22(18,19)14-10-7-5-9(6-8-10)11(16)20-4/h5-8,14H,1-4H3,(H,15,17). The zero-order valence-corrected chi connectivity index (χ0v) is 13.5. The lowest BCUT2D eigenvalue weighted by Gasteiger charge is -2.19. The highest BCUT2D eigenvalue weighted by atomic mass is 32.2. The van der Waals surface area contributed by atoms with E-state index in [1.165, 1.54) is 31.4 Å². The van der Waals surface area contributed by atoms with Crippen LogP contribution in [0.4, 0.5) is 10.5 Å². The van der Waals surface area contributed by atoms with Crippen LogP contribution in [0.1, 0.15) is 31.1 Å². The highest BCUT2D eigenvalue weighted by Gasteiger charge is 2.21. The van der Waals surface area contributed by atoms with E-state index in [9.17, 15) is 18.0 Å². The van der Waals surface area contributed by atoms with Crippen molar-refractivity contribution in [3.63, 3.8) is 0 Å². The Hall–Kier alpha value is -2.29. The lowest BCUT2D eigenvalue weighted by Crippen LogP contribution is -2.39. The molecule has 1 aromatic carbocycles. The van der Waals surface area contributed by atoms with Crippen LogP contribution in [0.25, 0.3) is 0 Å². The van der Waals surface area contributed by atoms with Gasteiger partial charge in [-0.25, -0.2) is 14.3 Å². The molecular formula is C13H18N2O6S. The second kappa shape index (κ2) is 6.65. The first-order valence-electron chi connectivity index (χ1n) is 6.24. The number of esters is 1. The van der Waals surface area contributed by atoms with Crippen molar-refractivity contribution in [3.8, 4) is 0 Å². The summed E-state index contributed by atoms with van der Waals surface area (Å²) < 4.78 is 36.7. The Kier molecular flexibility index (Phi) is 5.37. The van der Waals surface area contributed by atoms with E-state index in [0.717, 1.165) is 0 Å². The van der Waals surface area contributed by atoms with Gasteiger partial charge in [0.15, 0.2) is 0 Å². The van der Waals surface area contributed by atoms with Crippen molar-refractivity contribution in [2.24, 2.45) is 0 Å². The monoisotopic (exact) mass is 330 g/mol. The number of hydrogen-bond donors (Lipinski definition) is 2. The second-order valence-corrected chi connectivity index (χ2v) is 6.69. The SMILES string of the molecule is COC(=O)c1ccc(NS(=O)(=O)NC(=O)OC(C)(C)C)cc1. The van der Waals surface area contributed by atoms with E-state index in [4.69, 9.17) is 4.74 Å². The van der Waals surface area contributed by atoms with E-state index in [-0.39, 0.29) is 11.3 Å². The summed E-state index contributed by atoms with van der Waals surface area (Å²) in [5, 5.41) is 0. The van der Waals surface area contributed by atoms with Crippen molar-refractivity contribution in [3.05, 3.63) is 29.8 Å². The maximum Gasteiger partial charge on any atom is 0.422 e. The van der Waals surface area contributed by atoms with Gasteiger partial charge in [-0.15, -0.1) is 0 Å². The Morgan fingerprint density at radius 1 is 1.09 bits per heavy atom. The van der Waals surface area contributed by atoms with Crippen LogP contribution in [0.2, 0.25) is 0 Å². The van der Waals surface area contributed by atoms with Gasteiger partial charge in [-0.1, -0.05) is 0 Å². The second-order valence-electron chi connectivity index (χ2n) is 5.28. The van der Waals surface area contributed by atoms with E-state index < -0.39 is 27.9 Å². The van der Waals surface area contributed by atoms with Crippen LogP contribution in [0.3, 0.4) is 0 Å². The summed E-state index contributed by atoms with van der Waals surface area (Å²) in [6.07, 6.45) is -1.09. The Labute approximate surface area is 129 Å². The third-order valence-electron chi connectivity index (χ3n) is 2.17. The largest absolute Gasteiger partial charge is 0.465 e. The summed E-state index contributed by atoms with van der Waals surface area (Å²) in [5.41, 5.74) is -0.379. The highest BCUT2D eigenvalue weighted by Crippen LogP contribution is 2.12. The van der Waals surface area contributed by atoms with Crippen molar-refractivity contribution in [2.75, 3.05) is 11.8 Å². The van der Waals surface area contributed by atoms with Crippen LogP contribution in [0.15, 0.2) is 24.3 Å². The van der Waals surface area contributed by atoms with Gasteiger partial charge in [-0.05, 0) is 45.0 Å². The minimum atomic E-state index is -4.14. The summed E-state index contributed by atoms with van der Waals surface area (Å²) in [6, 6.07) is 5.50. The summed E-state index contributed by atoms with van der Waals surface area (Å²) in [6.45, 7) is 4.83. The molecule has 0 unspecified atom stereocenters. The van der Waals surface area contributed by atoms with Gasteiger partial charge in [0.25, 0.3) is 0 Å². The molecule has 8 nitrogen and oxygen atoms in total. The number of methoxy groups -OCH3 is 1. The maximum absolute atomic E-state index is 11.8. The number of nitrogens with one attached hydrogen (secondary N) is 2. The van der Waals surface area contributed by atoms with Gasteiger partial charge in [0.05, 0.1) is 18.4 Å². The van der Waals surface area contributed by atoms with Crippen molar-refractivity contribution in [1.82, 2.24) is 4.72 Å². The predicted molar refractivity (Wildman–Crippen MR) is 79.7 cm³/mol. The fourth-order valence-electron chi connectivity index (χ4n) is 1.38. The molecule has 122 valence electrons. The molecule has 1 rings (SSSR count). The summed E-state index contributed by atoms with van der Waals surface area (Å²) >= 11 is 0. The zero-order chi connectivity index (χ0) is 17.0. The van der Waals surface area contributed by atoms with Gasteiger partial charge < -0.3 is 9.47 Å². The fraction of sp³-hybridized carbons (Fsp3) is 0.385. The van der Waals surface area contributed by atoms with E-state index in [1.54, 1.807) is 25.5 Å². The lowest BCUT2D eigenvalue weighted by molar-refractivity contribution is 0.0567. The molecule has 0 radical (unpaired) electrons. The van der Waals surface area contributed by atoms with Crippen molar-refractivity contribution < 1.29 is 27.5 Å². The quantitative estimate of drug-likeness (QED) is 0.812. The minimum absolute atomic E-state index is 0.170. The normalized spacial score (nSPS) is 11.5. The number of amides is 1. The van der Waals surface area contributed by atoms with E-state index >= 15 is 0 Å². The van der Waals surface area contributed by atoms with Crippen LogP contribution >= 0.6 is 0 Å². The van der Waals surface area contributed by atoms with Gasteiger partial charge in [0, 0.05) is 0 Å². The molecule has 22 heavy (non-hydrogen) atoms.